The number of thiophene rings is 1. The van der Waals surface area contributed by atoms with Gasteiger partial charge in [0.15, 0.2) is 0 Å². The molecule has 0 bridgehead atoms. The van der Waals surface area contributed by atoms with Crippen LogP contribution in [0, 0.1) is 6.92 Å². The first-order chi connectivity index (χ1) is 9.31. The largest absolute Gasteiger partial charge is 0.497 e. The quantitative estimate of drug-likeness (QED) is 0.761. The van der Waals surface area contributed by atoms with Crippen LogP contribution in [-0.2, 0) is 0 Å². The Bertz CT molecular complexity index is 585. The topological polar surface area (TPSA) is 37.9 Å². The van der Waals surface area contributed by atoms with Crippen LogP contribution in [0.3, 0.4) is 0 Å². The first kappa shape index (κ1) is 13.4. The monoisotopic (exact) mass is 272 g/mol. The second-order valence-corrected chi connectivity index (χ2v) is 4.71. The van der Waals surface area contributed by atoms with E-state index in [2.05, 4.69) is 40.0 Å². The zero-order valence-electron chi connectivity index (χ0n) is 11.0. The fraction of sp³-hybridized carbons (Fsp3) is 0.133. The van der Waals surface area contributed by atoms with Crippen molar-refractivity contribution in [3.8, 4) is 16.9 Å². The van der Waals surface area contributed by atoms with Crippen molar-refractivity contribution in [1.82, 2.24) is 10.2 Å². The number of rotatable bonds is 2. The van der Waals surface area contributed by atoms with Gasteiger partial charge < -0.3 is 4.74 Å². The molecule has 0 atom stereocenters. The maximum absolute atomic E-state index is 5.20. The molecule has 0 spiro atoms. The predicted molar refractivity (Wildman–Crippen MR) is 79.6 cm³/mol. The molecule has 0 aliphatic heterocycles. The van der Waals surface area contributed by atoms with E-state index in [1.165, 1.54) is 16.7 Å². The van der Waals surface area contributed by atoms with Gasteiger partial charge in [0.05, 0.1) is 7.11 Å². The third-order valence-electron chi connectivity index (χ3n) is 2.64. The molecule has 0 saturated heterocycles. The van der Waals surface area contributed by atoms with Crippen LogP contribution in [0.5, 0.6) is 5.75 Å². The first-order valence-electron chi connectivity index (χ1n) is 5.92. The van der Waals surface area contributed by atoms with Gasteiger partial charge in [0.2, 0.25) is 0 Å². The molecule has 0 radical (unpaired) electrons. The van der Waals surface area contributed by atoms with E-state index in [9.17, 15) is 0 Å². The van der Waals surface area contributed by atoms with Crippen LogP contribution in [0.2, 0.25) is 0 Å². The number of benzene rings is 1. The van der Waals surface area contributed by atoms with E-state index in [1.54, 1.807) is 30.8 Å². The molecule has 0 aliphatic rings. The zero-order chi connectivity index (χ0) is 13.5. The van der Waals surface area contributed by atoms with Crippen LogP contribution in [0.15, 0.2) is 53.5 Å². The van der Waals surface area contributed by atoms with Crippen LogP contribution in [0.4, 0.5) is 0 Å². The summed E-state index contributed by atoms with van der Waals surface area (Å²) < 4.78 is 5.20. The Kier molecular flexibility index (Phi) is 4.75. The number of H-pyrrole nitrogens is 1. The van der Waals surface area contributed by atoms with Crippen LogP contribution in [0.25, 0.3) is 11.1 Å². The van der Waals surface area contributed by atoms with E-state index in [0.717, 1.165) is 5.75 Å². The highest BCUT2D eigenvalue weighted by Crippen LogP contribution is 2.28. The Morgan fingerprint density at radius 2 is 2.11 bits per heavy atom. The van der Waals surface area contributed by atoms with E-state index in [1.807, 2.05) is 18.2 Å². The number of nitrogens with one attached hydrogen (secondary N) is 1. The highest BCUT2D eigenvalue weighted by molar-refractivity contribution is 7.08. The summed E-state index contributed by atoms with van der Waals surface area (Å²) in [6.07, 6.45) is 3.46. The lowest BCUT2D eigenvalue weighted by Crippen LogP contribution is -1.83. The van der Waals surface area contributed by atoms with E-state index >= 15 is 0 Å². The molecule has 0 unspecified atom stereocenters. The summed E-state index contributed by atoms with van der Waals surface area (Å²) in [5.41, 5.74) is 3.85. The number of nitrogens with zero attached hydrogens (tertiary/aromatic N) is 1. The molecular formula is C15H16N2OS. The highest BCUT2D eigenvalue weighted by atomic mass is 32.1. The van der Waals surface area contributed by atoms with E-state index < -0.39 is 0 Å². The van der Waals surface area contributed by atoms with Gasteiger partial charge in [0.1, 0.15) is 5.75 Å². The zero-order valence-corrected chi connectivity index (χ0v) is 11.8. The normalized spacial score (nSPS) is 9.58. The lowest BCUT2D eigenvalue weighted by molar-refractivity contribution is 0.415. The van der Waals surface area contributed by atoms with Gasteiger partial charge in [0, 0.05) is 12.4 Å². The van der Waals surface area contributed by atoms with Crippen LogP contribution >= 0.6 is 11.3 Å². The Labute approximate surface area is 116 Å². The van der Waals surface area contributed by atoms with Gasteiger partial charge in [-0.15, -0.1) is 0 Å². The lowest BCUT2D eigenvalue weighted by Gasteiger charge is -2.03. The Morgan fingerprint density at radius 3 is 2.63 bits per heavy atom. The summed E-state index contributed by atoms with van der Waals surface area (Å²) in [6, 6.07) is 9.99. The third-order valence-corrected chi connectivity index (χ3v) is 3.50. The average Bonchev–Trinajstić information content (AvgIpc) is 3.13. The van der Waals surface area contributed by atoms with Crippen molar-refractivity contribution in [2.45, 2.75) is 6.92 Å². The van der Waals surface area contributed by atoms with Crippen molar-refractivity contribution in [3.05, 3.63) is 59.0 Å². The fourth-order valence-electron chi connectivity index (χ4n) is 1.66. The Hall–Kier alpha value is -2.07. The molecule has 0 amide bonds. The second kappa shape index (κ2) is 6.75. The van der Waals surface area contributed by atoms with Gasteiger partial charge in [0.25, 0.3) is 0 Å². The second-order valence-electron chi connectivity index (χ2n) is 3.97. The summed E-state index contributed by atoms with van der Waals surface area (Å²) in [5.74, 6) is 0.910. The molecule has 0 fully saturated rings. The standard InChI is InChI=1S/C12H12OS.C3H4N2/c1-9-7-14-8-12(9)10-4-3-5-11(6-10)13-2;1-2-4-5-3-1/h3-8H,1-2H3;1-3H,(H,4,5). The van der Waals surface area contributed by atoms with Crippen molar-refractivity contribution >= 4 is 11.3 Å². The molecule has 2 aromatic heterocycles. The SMILES string of the molecule is COc1cccc(-c2cscc2C)c1.c1cn[nH]c1. The molecule has 19 heavy (non-hydrogen) atoms. The highest BCUT2D eigenvalue weighted by Gasteiger charge is 2.03. The van der Waals surface area contributed by atoms with Crippen LogP contribution in [-0.4, -0.2) is 17.3 Å². The molecule has 4 heteroatoms. The maximum Gasteiger partial charge on any atom is 0.119 e. The molecule has 2 heterocycles. The number of methoxy groups -OCH3 is 1. The Balaban J connectivity index is 0.000000224. The summed E-state index contributed by atoms with van der Waals surface area (Å²) in [4.78, 5) is 0. The summed E-state index contributed by atoms with van der Waals surface area (Å²) in [5, 5.41) is 10.5. The van der Waals surface area contributed by atoms with Crippen molar-refractivity contribution in [3.63, 3.8) is 0 Å². The lowest BCUT2D eigenvalue weighted by atomic mass is 10.1. The molecular weight excluding hydrogens is 256 g/mol. The van der Waals surface area contributed by atoms with E-state index in [0.29, 0.717) is 0 Å². The van der Waals surface area contributed by atoms with E-state index in [-0.39, 0.29) is 0 Å². The smallest absolute Gasteiger partial charge is 0.119 e. The molecule has 1 N–H and O–H groups in total. The van der Waals surface area contributed by atoms with Crippen LogP contribution < -0.4 is 4.74 Å². The average molecular weight is 272 g/mol. The minimum absolute atomic E-state index is 0.910. The summed E-state index contributed by atoms with van der Waals surface area (Å²) in [6.45, 7) is 2.13. The van der Waals surface area contributed by atoms with E-state index in [4.69, 9.17) is 4.74 Å². The van der Waals surface area contributed by atoms with Crippen molar-refractivity contribution < 1.29 is 4.74 Å². The molecule has 0 aliphatic carbocycles. The number of hydrogen-bond donors (Lipinski definition) is 1. The predicted octanol–water partition coefficient (Wildman–Crippen LogP) is 4.14. The molecule has 3 rings (SSSR count). The van der Waals surface area contributed by atoms with Crippen molar-refractivity contribution in [1.29, 1.82) is 0 Å². The van der Waals surface area contributed by atoms with Gasteiger partial charge in [-0.1, -0.05) is 12.1 Å². The fourth-order valence-corrected chi connectivity index (χ4v) is 2.52. The van der Waals surface area contributed by atoms with Gasteiger partial charge >= 0.3 is 0 Å². The maximum atomic E-state index is 5.20. The number of aromatic amines is 1. The third kappa shape index (κ3) is 3.69. The molecule has 98 valence electrons. The minimum Gasteiger partial charge on any atom is -0.497 e. The van der Waals surface area contributed by atoms with Gasteiger partial charge in [-0.3, -0.25) is 5.10 Å². The summed E-state index contributed by atoms with van der Waals surface area (Å²) in [7, 11) is 1.69. The van der Waals surface area contributed by atoms with Crippen LogP contribution in [0.1, 0.15) is 5.56 Å². The number of ether oxygens (including phenoxy) is 1. The molecule has 3 nitrogen and oxygen atoms in total. The van der Waals surface area contributed by atoms with Crippen molar-refractivity contribution in [2.75, 3.05) is 7.11 Å². The molecule has 1 aromatic carbocycles. The minimum atomic E-state index is 0.910. The Morgan fingerprint density at radius 1 is 1.21 bits per heavy atom. The van der Waals surface area contributed by atoms with Crippen molar-refractivity contribution in [2.24, 2.45) is 0 Å². The van der Waals surface area contributed by atoms with Gasteiger partial charge in [-0.05, 0) is 52.6 Å². The molecule has 3 aromatic rings. The van der Waals surface area contributed by atoms with Gasteiger partial charge in [-0.25, -0.2) is 0 Å². The number of hydrogen-bond acceptors (Lipinski definition) is 3. The summed E-state index contributed by atoms with van der Waals surface area (Å²) >= 11 is 1.73. The number of aryl methyl sites for hydroxylation is 1. The number of aromatic nitrogens is 2. The molecule has 0 saturated carbocycles. The first-order valence-corrected chi connectivity index (χ1v) is 6.86. The van der Waals surface area contributed by atoms with Gasteiger partial charge in [-0.2, -0.15) is 16.4 Å².